The normalized spacial score (nSPS) is 10.2. The number of aromatic carboxylic acids is 1. The Bertz CT molecular complexity index is 649. The van der Waals surface area contributed by atoms with E-state index in [1.807, 2.05) is 0 Å². The molecular formula is C12H9BrFN3O2. The van der Waals surface area contributed by atoms with Crippen molar-refractivity contribution in [2.75, 3.05) is 11.1 Å². The lowest BCUT2D eigenvalue weighted by Gasteiger charge is -2.09. The number of halogens is 2. The van der Waals surface area contributed by atoms with E-state index >= 15 is 0 Å². The van der Waals surface area contributed by atoms with Crippen LogP contribution in [-0.4, -0.2) is 16.1 Å². The van der Waals surface area contributed by atoms with Crippen molar-refractivity contribution >= 4 is 39.1 Å². The molecule has 0 aliphatic rings. The summed E-state index contributed by atoms with van der Waals surface area (Å²) in [5, 5.41) is 11.6. The smallest absolute Gasteiger partial charge is 0.337 e. The first-order valence-electron chi connectivity index (χ1n) is 5.18. The van der Waals surface area contributed by atoms with E-state index in [0.29, 0.717) is 10.2 Å². The van der Waals surface area contributed by atoms with Crippen LogP contribution in [0.4, 0.5) is 21.6 Å². The largest absolute Gasteiger partial charge is 0.478 e. The molecule has 1 aromatic carbocycles. The van der Waals surface area contributed by atoms with Gasteiger partial charge in [-0.1, -0.05) is 0 Å². The Labute approximate surface area is 116 Å². The molecule has 5 nitrogen and oxygen atoms in total. The quantitative estimate of drug-likeness (QED) is 0.807. The maximum absolute atomic E-state index is 13.3. The van der Waals surface area contributed by atoms with E-state index in [1.165, 1.54) is 18.3 Å². The zero-order valence-electron chi connectivity index (χ0n) is 9.52. The van der Waals surface area contributed by atoms with Gasteiger partial charge in [-0.25, -0.2) is 14.2 Å². The van der Waals surface area contributed by atoms with Gasteiger partial charge in [0.15, 0.2) is 5.82 Å². The predicted molar refractivity (Wildman–Crippen MR) is 73.0 cm³/mol. The van der Waals surface area contributed by atoms with Crippen molar-refractivity contribution in [3.05, 3.63) is 46.3 Å². The fourth-order valence-electron chi connectivity index (χ4n) is 1.41. The Balaban J connectivity index is 2.28. The van der Waals surface area contributed by atoms with Crippen molar-refractivity contribution in [2.24, 2.45) is 0 Å². The van der Waals surface area contributed by atoms with Crippen molar-refractivity contribution in [2.45, 2.75) is 0 Å². The number of hydrogen-bond acceptors (Lipinski definition) is 4. The number of nitrogens with zero attached hydrogens (tertiary/aromatic N) is 1. The van der Waals surface area contributed by atoms with Crippen molar-refractivity contribution in [3.63, 3.8) is 0 Å². The molecule has 1 aromatic heterocycles. The third-order valence-electron chi connectivity index (χ3n) is 2.35. The lowest BCUT2D eigenvalue weighted by Crippen LogP contribution is -2.04. The maximum atomic E-state index is 13.3. The van der Waals surface area contributed by atoms with Gasteiger partial charge in [-0.2, -0.15) is 0 Å². The van der Waals surface area contributed by atoms with E-state index in [-0.39, 0.29) is 17.1 Å². The molecule has 0 saturated carbocycles. The number of carbonyl (C=O) groups is 1. The molecule has 4 N–H and O–H groups in total. The first kappa shape index (κ1) is 13.3. The molecule has 2 aromatic rings. The van der Waals surface area contributed by atoms with Crippen LogP contribution in [0.1, 0.15) is 10.4 Å². The van der Waals surface area contributed by atoms with Gasteiger partial charge in [-0.3, -0.25) is 0 Å². The molecule has 0 aliphatic heterocycles. The number of pyridine rings is 1. The average Bonchev–Trinajstić information content (AvgIpc) is 2.36. The van der Waals surface area contributed by atoms with Gasteiger partial charge in [-0.05, 0) is 40.2 Å². The average molecular weight is 326 g/mol. The van der Waals surface area contributed by atoms with Crippen LogP contribution in [0, 0.1) is 5.82 Å². The zero-order valence-corrected chi connectivity index (χ0v) is 11.1. The minimum absolute atomic E-state index is 0.00923. The number of anilines is 3. The molecule has 2 rings (SSSR count). The molecule has 0 fully saturated rings. The monoisotopic (exact) mass is 325 g/mol. The second-order valence-electron chi connectivity index (χ2n) is 3.72. The third-order valence-corrected chi connectivity index (χ3v) is 2.99. The maximum Gasteiger partial charge on any atom is 0.337 e. The molecule has 0 saturated heterocycles. The second kappa shape index (κ2) is 5.23. The number of rotatable bonds is 3. The molecule has 0 bridgehead atoms. The van der Waals surface area contributed by atoms with Gasteiger partial charge < -0.3 is 16.2 Å². The summed E-state index contributed by atoms with van der Waals surface area (Å²) in [5.41, 5.74) is 6.31. The molecule has 0 radical (unpaired) electrons. The van der Waals surface area contributed by atoms with Crippen molar-refractivity contribution in [1.82, 2.24) is 4.98 Å². The molecule has 7 heteroatoms. The standard InChI is InChI=1S/C12H9BrFN3O2/c13-8-2-1-7(4-9(8)14)17-11-10(15)3-6(5-16-11)12(18)19/h1-5H,15H2,(H,16,17)(H,18,19). The van der Waals surface area contributed by atoms with Crippen LogP contribution in [0.3, 0.4) is 0 Å². The molecule has 98 valence electrons. The van der Waals surface area contributed by atoms with Crippen molar-refractivity contribution in [3.8, 4) is 0 Å². The van der Waals surface area contributed by atoms with Gasteiger partial charge in [0.25, 0.3) is 0 Å². The van der Waals surface area contributed by atoms with Crippen LogP contribution >= 0.6 is 15.9 Å². The number of carboxylic acid groups (broad SMARTS) is 1. The molecule has 0 atom stereocenters. The summed E-state index contributed by atoms with van der Waals surface area (Å²) in [6, 6.07) is 5.74. The summed E-state index contributed by atoms with van der Waals surface area (Å²) in [7, 11) is 0. The highest BCUT2D eigenvalue weighted by Gasteiger charge is 2.08. The lowest BCUT2D eigenvalue weighted by atomic mass is 10.2. The summed E-state index contributed by atoms with van der Waals surface area (Å²) in [5.74, 6) is -1.27. The minimum atomic E-state index is -1.11. The van der Waals surface area contributed by atoms with E-state index < -0.39 is 11.8 Å². The van der Waals surface area contributed by atoms with Crippen molar-refractivity contribution in [1.29, 1.82) is 0 Å². The summed E-state index contributed by atoms with van der Waals surface area (Å²) < 4.78 is 13.7. The number of nitrogens with two attached hydrogens (primary N) is 1. The van der Waals surface area contributed by atoms with E-state index in [2.05, 4.69) is 26.2 Å². The topological polar surface area (TPSA) is 88.2 Å². The van der Waals surface area contributed by atoms with Gasteiger partial charge in [0.1, 0.15) is 5.82 Å². The summed E-state index contributed by atoms with van der Waals surface area (Å²) in [6.07, 6.45) is 1.18. The van der Waals surface area contributed by atoms with Gasteiger partial charge in [0.2, 0.25) is 0 Å². The Hall–Kier alpha value is -2.15. The highest BCUT2D eigenvalue weighted by molar-refractivity contribution is 9.10. The lowest BCUT2D eigenvalue weighted by molar-refractivity contribution is 0.0696. The van der Waals surface area contributed by atoms with E-state index in [1.54, 1.807) is 12.1 Å². The number of carboxylic acids is 1. The number of nitrogen functional groups attached to an aromatic ring is 1. The molecule has 0 amide bonds. The summed E-state index contributed by atoms with van der Waals surface area (Å²) >= 11 is 3.05. The Morgan fingerprint density at radius 1 is 1.42 bits per heavy atom. The van der Waals surface area contributed by atoms with Crippen LogP contribution in [0.25, 0.3) is 0 Å². The van der Waals surface area contributed by atoms with Crippen molar-refractivity contribution < 1.29 is 14.3 Å². The predicted octanol–water partition coefficient (Wildman–Crippen LogP) is 3.01. The minimum Gasteiger partial charge on any atom is -0.478 e. The number of hydrogen-bond donors (Lipinski definition) is 3. The van der Waals surface area contributed by atoms with Crippen LogP contribution < -0.4 is 11.1 Å². The molecule has 1 heterocycles. The van der Waals surface area contributed by atoms with Crippen LogP contribution in [0.2, 0.25) is 0 Å². The van der Waals surface area contributed by atoms with Crippen LogP contribution in [0.5, 0.6) is 0 Å². The second-order valence-corrected chi connectivity index (χ2v) is 4.58. The highest BCUT2D eigenvalue weighted by Crippen LogP contribution is 2.24. The van der Waals surface area contributed by atoms with Gasteiger partial charge >= 0.3 is 5.97 Å². The SMILES string of the molecule is Nc1cc(C(=O)O)cnc1Nc1ccc(Br)c(F)c1. The molecule has 19 heavy (non-hydrogen) atoms. The van der Waals surface area contributed by atoms with Crippen LogP contribution in [-0.2, 0) is 0 Å². The molecule has 0 spiro atoms. The van der Waals surface area contributed by atoms with Gasteiger partial charge in [-0.15, -0.1) is 0 Å². The Morgan fingerprint density at radius 3 is 2.74 bits per heavy atom. The fourth-order valence-corrected chi connectivity index (χ4v) is 1.66. The Kier molecular flexibility index (Phi) is 3.66. The number of nitrogens with one attached hydrogen (secondary N) is 1. The first-order valence-corrected chi connectivity index (χ1v) is 5.97. The number of benzene rings is 1. The van der Waals surface area contributed by atoms with Gasteiger partial charge in [0.05, 0.1) is 15.7 Å². The van der Waals surface area contributed by atoms with Crippen LogP contribution in [0.15, 0.2) is 34.9 Å². The molecular weight excluding hydrogens is 317 g/mol. The van der Waals surface area contributed by atoms with E-state index in [9.17, 15) is 9.18 Å². The third kappa shape index (κ3) is 3.00. The zero-order chi connectivity index (χ0) is 14.0. The summed E-state index contributed by atoms with van der Waals surface area (Å²) in [6.45, 7) is 0. The van der Waals surface area contributed by atoms with Gasteiger partial charge in [0, 0.05) is 11.9 Å². The van der Waals surface area contributed by atoms with E-state index in [4.69, 9.17) is 10.8 Å². The first-order chi connectivity index (χ1) is 8.97. The van der Waals surface area contributed by atoms with E-state index in [0.717, 1.165) is 0 Å². The number of aromatic nitrogens is 1. The summed E-state index contributed by atoms with van der Waals surface area (Å²) in [4.78, 5) is 14.6. The Morgan fingerprint density at radius 2 is 2.16 bits per heavy atom. The fraction of sp³-hybridized carbons (Fsp3) is 0. The molecule has 0 unspecified atom stereocenters. The molecule has 0 aliphatic carbocycles. The highest BCUT2D eigenvalue weighted by atomic mass is 79.9.